The number of hydrogen-bond donors (Lipinski definition) is 1. The Bertz CT molecular complexity index is 1070. The van der Waals surface area contributed by atoms with E-state index < -0.39 is 0 Å². The van der Waals surface area contributed by atoms with Crippen molar-refractivity contribution in [3.05, 3.63) is 52.7 Å². The van der Waals surface area contributed by atoms with Crippen LogP contribution in [0.3, 0.4) is 0 Å². The molecule has 0 saturated carbocycles. The molecule has 0 radical (unpaired) electrons. The summed E-state index contributed by atoms with van der Waals surface area (Å²) in [5, 5.41) is 9.10. The fraction of sp³-hybridized carbons (Fsp3) is 0.350. The molecule has 132 valence electrons. The van der Waals surface area contributed by atoms with Crippen molar-refractivity contribution in [2.75, 3.05) is 11.9 Å². The average Bonchev–Trinajstić information content (AvgIpc) is 3.26. The van der Waals surface area contributed by atoms with Crippen molar-refractivity contribution in [1.29, 1.82) is 0 Å². The van der Waals surface area contributed by atoms with Crippen molar-refractivity contribution in [3.8, 4) is 0 Å². The van der Waals surface area contributed by atoms with Gasteiger partial charge in [-0.3, -0.25) is 0 Å². The van der Waals surface area contributed by atoms with Gasteiger partial charge in [0.25, 0.3) is 0 Å². The molecule has 5 rings (SSSR count). The Kier molecular flexibility index (Phi) is 3.85. The molecule has 1 atom stereocenters. The molecule has 1 aromatic carbocycles. The van der Waals surface area contributed by atoms with Crippen molar-refractivity contribution in [1.82, 2.24) is 19.6 Å². The zero-order chi connectivity index (χ0) is 17.5. The highest BCUT2D eigenvalue weighted by molar-refractivity contribution is 7.19. The quantitative estimate of drug-likeness (QED) is 0.593. The van der Waals surface area contributed by atoms with Gasteiger partial charge in [-0.15, -0.1) is 11.3 Å². The highest BCUT2D eigenvalue weighted by Gasteiger charge is 2.24. The summed E-state index contributed by atoms with van der Waals surface area (Å²) in [6.45, 7) is 3.15. The first-order chi connectivity index (χ1) is 12.8. The van der Waals surface area contributed by atoms with Crippen LogP contribution < -0.4 is 5.32 Å². The predicted molar refractivity (Wildman–Crippen MR) is 106 cm³/mol. The van der Waals surface area contributed by atoms with Crippen LogP contribution in [0.5, 0.6) is 0 Å². The number of aromatic nitrogens is 4. The summed E-state index contributed by atoms with van der Waals surface area (Å²) in [4.78, 5) is 12.0. The second kappa shape index (κ2) is 6.36. The van der Waals surface area contributed by atoms with E-state index in [9.17, 15) is 0 Å². The molecule has 0 bridgehead atoms. The van der Waals surface area contributed by atoms with Crippen molar-refractivity contribution in [2.45, 2.75) is 32.6 Å². The van der Waals surface area contributed by atoms with E-state index in [1.807, 2.05) is 21.9 Å². The van der Waals surface area contributed by atoms with Crippen molar-refractivity contribution >= 4 is 33.1 Å². The summed E-state index contributed by atoms with van der Waals surface area (Å²) >= 11 is 1.83. The minimum Gasteiger partial charge on any atom is -0.354 e. The molecule has 0 fully saturated rings. The van der Waals surface area contributed by atoms with Gasteiger partial charge in [-0.25, -0.2) is 9.97 Å². The fourth-order valence-corrected chi connectivity index (χ4v) is 5.05. The molecule has 1 unspecified atom stereocenters. The zero-order valence-corrected chi connectivity index (χ0v) is 15.6. The topological polar surface area (TPSA) is 55.1 Å². The third-order valence-corrected chi connectivity index (χ3v) is 6.39. The fourth-order valence-electron chi connectivity index (χ4n) is 3.84. The van der Waals surface area contributed by atoms with Gasteiger partial charge in [0.15, 0.2) is 5.65 Å². The van der Waals surface area contributed by atoms with Crippen LogP contribution >= 0.6 is 11.3 Å². The molecule has 0 amide bonds. The van der Waals surface area contributed by atoms with Crippen LogP contribution in [-0.4, -0.2) is 26.1 Å². The minimum atomic E-state index is 0.729. The predicted octanol–water partition coefficient (Wildman–Crippen LogP) is 4.12. The highest BCUT2D eigenvalue weighted by Crippen LogP contribution is 2.39. The Balaban J connectivity index is 1.51. The number of benzene rings is 1. The molecule has 1 aliphatic rings. The maximum atomic E-state index is 4.90. The summed E-state index contributed by atoms with van der Waals surface area (Å²) < 4.78 is 1.86. The Morgan fingerprint density at radius 1 is 1.27 bits per heavy atom. The molecule has 0 aliphatic heterocycles. The Morgan fingerprint density at radius 2 is 2.15 bits per heavy atom. The van der Waals surface area contributed by atoms with Gasteiger partial charge in [0.05, 0.1) is 5.39 Å². The first-order valence-electron chi connectivity index (χ1n) is 9.21. The molecular formula is C20H21N5S. The van der Waals surface area contributed by atoms with Gasteiger partial charge in [0.1, 0.15) is 11.2 Å². The summed E-state index contributed by atoms with van der Waals surface area (Å²) in [7, 11) is 0. The molecule has 26 heavy (non-hydrogen) atoms. The number of fused-ring (bicyclic) bond motifs is 5. The van der Waals surface area contributed by atoms with Gasteiger partial charge in [-0.2, -0.15) is 9.61 Å². The smallest absolute Gasteiger partial charge is 0.227 e. The molecule has 0 saturated heterocycles. The second-order valence-corrected chi connectivity index (χ2v) is 8.21. The van der Waals surface area contributed by atoms with Crippen LogP contribution in [0.1, 0.15) is 29.3 Å². The monoisotopic (exact) mass is 363 g/mol. The first kappa shape index (κ1) is 15.8. The van der Waals surface area contributed by atoms with Gasteiger partial charge in [-0.05, 0) is 42.7 Å². The van der Waals surface area contributed by atoms with Crippen LogP contribution in [0.4, 0.5) is 5.95 Å². The standard InChI is InChI=1S/C20H21N5S/c1-13-7-8-16-15(11-13)17-18-22-12-23-25(18)20(24-19(17)26-16)21-10-9-14-5-3-2-4-6-14/h2-6,12-13H,7-11H2,1H3,(H,21,24). The molecule has 3 heterocycles. The van der Waals surface area contributed by atoms with E-state index in [1.165, 1.54) is 27.8 Å². The van der Waals surface area contributed by atoms with Crippen LogP contribution in [0.2, 0.25) is 0 Å². The zero-order valence-electron chi connectivity index (χ0n) is 14.8. The second-order valence-electron chi connectivity index (χ2n) is 7.13. The molecule has 5 nitrogen and oxygen atoms in total. The summed E-state index contributed by atoms with van der Waals surface area (Å²) in [6.07, 6.45) is 6.14. The van der Waals surface area contributed by atoms with Crippen LogP contribution in [0.25, 0.3) is 15.9 Å². The van der Waals surface area contributed by atoms with E-state index in [1.54, 1.807) is 6.33 Å². The third-order valence-electron chi connectivity index (χ3n) is 5.21. The Morgan fingerprint density at radius 3 is 3.04 bits per heavy atom. The molecule has 3 aromatic heterocycles. The lowest BCUT2D eigenvalue weighted by atomic mass is 9.89. The van der Waals surface area contributed by atoms with E-state index in [2.05, 4.69) is 46.6 Å². The lowest BCUT2D eigenvalue weighted by molar-refractivity contribution is 0.508. The Labute approximate surface area is 156 Å². The van der Waals surface area contributed by atoms with Crippen LogP contribution in [0, 0.1) is 5.92 Å². The number of nitrogens with zero attached hydrogens (tertiary/aromatic N) is 4. The summed E-state index contributed by atoms with van der Waals surface area (Å²) in [5.41, 5.74) is 3.70. The van der Waals surface area contributed by atoms with Gasteiger partial charge in [0, 0.05) is 11.4 Å². The summed E-state index contributed by atoms with van der Waals surface area (Å²) in [6, 6.07) is 10.5. The number of rotatable bonds is 4. The highest BCUT2D eigenvalue weighted by atomic mass is 32.1. The average molecular weight is 363 g/mol. The van der Waals surface area contributed by atoms with E-state index in [4.69, 9.17) is 4.98 Å². The number of hydrogen-bond acceptors (Lipinski definition) is 5. The molecule has 1 aliphatic carbocycles. The van der Waals surface area contributed by atoms with E-state index in [-0.39, 0.29) is 0 Å². The SMILES string of the molecule is CC1CCc2sc3nc(NCCc4ccccc4)n4ncnc4c3c2C1. The molecular weight excluding hydrogens is 342 g/mol. The van der Waals surface area contributed by atoms with Gasteiger partial charge < -0.3 is 5.32 Å². The van der Waals surface area contributed by atoms with Crippen molar-refractivity contribution in [3.63, 3.8) is 0 Å². The molecule has 4 aromatic rings. The van der Waals surface area contributed by atoms with E-state index in [0.29, 0.717) is 0 Å². The van der Waals surface area contributed by atoms with Gasteiger partial charge in [0.2, 0.25) is 5.95 Å². The number of anilines is 1. The maximum absolute atomic E-state index is 4.90. The van der Waals surface area contributed by atoms with Gasteiger partial charge >= 0.3 is 0 Å². The molecule has 1 N–H and O–H groups in total. The van der Waals surface area contributed by atoms with Gasteiger partial charge in [-0.1, -0.05) is 37.3 Å². The minimum absolute atomic E-state index is 0.729. The normalized spacial score (nSPS) is 16.9. The number of thiophene rings is 1. The first-order valence-corrected chi connectivity index (χ1v) is 10.0. The molecule has 0 spiro atoms. The Hall–Kier alpha value is -2.47. The van der Waals surface area contributed by atoms with Crippen molar-refractivity contribution < 1.29 is 0 Å². The lowest BCUT2D eigenvalue weighted by Crippen LogP contribution is -2.12. The maximum Gasteiger partial charge on any atom is 0.227 e. The van der Waals surface area contributed by atoms with E-state index in [0.717, 1.165) is 48.2 Å². The van der Waals surface area contributed by atoms with Crippen LogP contribution in [0.15, 0.2) is 36.7 Å². The number of nitrogens with one attached hydrogen (secondary N) is 1. The lowest BCUT2D eigenvalue weighted by Gasteiger charge is -2.17. The van der Waals surface area contributed by atoms with Crippen LogP contribution in [-0.2, 0) is 19.3 Å². The largest absolute Gasteiger partial charge is 0.354 e. The summed E-state index contributed by atoms with van der Waals surface area (Å²) in [5.74, 6) is 1.51. The number of aryl methyl sites for hydroxylation is 1. The van der Waals surface area contributed by atoms with Crippen molar-refractivity contribution in [2.24, 2.45) is 5.92 Å². The van der Waals surface area contributed by atoms with E-state index >= 15 is 0 Å². The third kappa shape index (κ3) is 2.65. The molecule has 6 heteroatoms.